The Morgan fingerprint density at radius 1 is 1.55 bits per heavy atom. The van der Waals surface area contributed by atoms with Gasteiger partial charge < -0.3 is 15.8 Å². The second-order valence-electron chi connectivity index (χ2n) is 4.87. The SMILES string of the molecule is CCN1CCOC(CNC(=O)c2cc(N)cc(Br)c2)C1. The summed E-state index contributed by atoms with van der Waals surface area (Å²) in [7, 11) is 0. The molecule has 1 heterocycles. The zero-order chi connectivity index (χ0) is 14.5. The number of hydrogen-bond acceptors (Lipinski definition) is 4. The Labute approximate surface area is 127 Å². The number of nitrogens with one attached hydrogen (secondary N) is 1. The van der Waals surface area contributed by atoms with E-state index in [1.165, 1.54) is 0 Å². The minimum absolute atomic E-state index is 0.0529. The van der Waals surface area contributed by atoms with Crippen LogP contribution >= 0.6 is 15.9 Å². The third kappa shape index (κ3) is 4.19. The number of benzene rings is 1. The monoisotopic (exact) mass is 341 g/mol. The van der Waals surface area contributed by atoms with Crippen molar-refractivity contribution in [2.45, 2.75) is 13.0 Å². The summed E-state index contributed by atoms with van der Waals surface area (Å²) in [6.45, 7) is 6.20. The average molecular weight is 342 g/mol. The molecule has 0 aromatic heterocycles. The van der Waals surface area contributed by atoms with Crippen LogP contribution in [0.1, 0.15) is 17.3 Å². The molecule has 1 amide bonds. The summed E-state index contributed by atoms with van der Waals surface area (Å²) in [6.07, 6.45) is 0.0529. The predicted molar refractivity (Wildman–Crippen MR) is 82.7 cm³/mol. The van der Waals surface area contributed by atoms with E-state index < -0.39 is 0 Å². The number of nitrogens with two attached hydrogens (primary N) is 1. The van der Waals surface area contributed by atoms with Crippen molar-refractivity contribution < 1.29 is 9.53 Å². The van der Waals surface area contributed by atoms with Gasteiger partial charge in [-0.2, -0.15) is 0 Å². The Kier molecular flexibility index (Phi) is 5.39. The number of carbonyl (C=O) groups is 1. The van der Waals surface area contributed by atoms with Crippen LogP contribution in [0.3, 0.4) is 0 Å². The maximum atomic E-state index is 12.1. The van der Waals surface area contributed by atoms with Crippen LogP contribution in [0.25, 0.3) is 0 Å². The second kappa shape index (κ2) is 7.06. The number of amides is 1. The van der Waals surface area contributed by atoms with Crippen LogP contribution in [0.5, 0.6) is 0 Å². The minimum atomic E-state index is -0.129. The normalized spacial score (nSPS) is 19.8. The van der Waals surface area contributed by atoms with Gasteiger partial charge in [0.25, 0.3) is 5.91 Å². The number of likely N-dealkylation sites (N-methyl/N-ethyl adjacent to an activating group) is 1. The maximum Gasteiger partial charge on any atom is 0.251 e. The smallest absolute Gasteiger partial charge is 0.251 e. The Bertz CT molecular complexity index is 461. The first-order chi connectivity index (χ1) is 9.58. The lowest BCUT2D eigenvalue weighted by Crippen LogP contribution is -2.47. The van der Waals surface area contributed by atoms with Crippen LogP contribution in [0.4, 0.5) is 5.69 Å². The van der Waals surface area contributed by atoms with Crippen LogP contribution in [0, 0.1) is 0 Å². The largest absolute Gasteiger partial charge is 0.399 e. The van der Waals surface area contributed by atoms with Gasteiger partial charge in [0.2, 0.25) is 0 Å². The van der Waals surface area contributed by atoms with Crippen molar-refractivity contribution in [3.63, 3.8) is 0 Å². The molecule has 1 aromatic carbocycles. The summed E-state index contributed by atoms with van der Waals surface area (Å²) in [6, 6.07) is 5.19. The molecule has 1 atom stereocenters. The first kappa shape index (κ1) is 15.3. The molecule has 2 rings (SSSR count). The minimum Gasteiger partial charge on any atom is -0.399 e. The summed E-state index contributed by atoms with van der Waals surface area (Å²) in [5.74, 6) is -0.129. The number of carbonyl (C=O) groups excluding carboxylic acids is 1. The summed E-state index contributed by atoms with van der Waals surface area (Å²) < 4.78 is 6.45. The van der Waals surface area contributed by atoms with Crippen molar-refractivity contribution in [1.82, 2.24) is 10.2 Å². The Morgan fingerprint density at radius 3 is 3.05 bits per heavy atom. The molecule has 0 saturated carbocycles. The molecule has 1 fully saturated rings. The van der Waals surface area contributed by atoms with E-state index in [1.807, 2.05) is 0 Å². The van der Waals surface area contributed by atoms with Crippen molar-refractivity contribution in [3.8, 4) is 0 Å². The number of morpholine rings is 1. The molecule has 1 aromatic rings. The number of hydrogen-bond donors (Lipinski definition) is 2. The summed E-state index contributed by atoms with van der Waals surface area (Å²) in [5.41, 5.74) is 6.85. The van der Waals surface area contributed by atoms with E-state index in [2.05, 4.69) is 33.1 Å². The number of nitrogen functional groups attached to an aromatic ring is 1. The zero-order valence-corrected chi connectivity index (χ0v) is 13.1. The fourth-order valence-corrected chi connectivity index (χ4v) is 2.75. The Hall–Kier alpha value is -1.11. The van der Waals surface area contributed by atoms with Crippen molar-refractivity contribution in [3.05, 3.63) is 28.2 Å². The first-order valence-electron chi connectivity index (χ1n) is 6.76. The van der Waals surface area contributed by atoms with Gasteiger partial charge in [0.1, 0.15) is 0 Å². The molecule has 6 heteroatoms. The van der Waals surface area contributed by atoms with E-state index in [0.717, 1.165) is 30.7 Å². The van der Waals surface area contributed by atoms with E-state index in [9.17, 15) is 4.79 Å². The molecule has 5 nitrogen and oxygen atoms in total. The highest BCUT2D eigenvalue weighted by Gasteiger charge is 2.20. The van der Waals surface area contributed by atoms with E-state index in [1.54, 1.807) is 18.2 Å². The molecule has 0 aliphatic carbocycles. The van der Waals surface area contributed by atoms with E-state index in [0.29, 0.717) is 17.8 Å². The lowest BCUT2D eigenvalue weighted by atomic mass is 10.2. The first-order valence-corrected chi connectivity index (χ1v) is 7.56. The molecular formula is C14H20BrN3O2. The molecule has 0 bridgehead atoms. The van der Waals surface area contributed by atoms with Crippen molar-refractivity contribution in [2.24, 2.45) is 0 Å². The van der Waals surface area contributed by atoms with Gasteiger partial charge in [0.05, 0.1) is 12.7 Å². The van der Waals surface area contributed by atoms with Crippen LogP contribution in [-0.2, 0) is 4.74 Å². The van der Waals surface area contributed by atoms with Gasteiger partial charge >= 0.3 is 0 Å². The van der Waals surface area contributed by atoms with Crippen LogP contribution in [-0.4, -0.2) is 49.7 Å². The summed E-state index contributed by atoms with van der Waals surface area (Å²) in [5, 5.41) is 2.90. The summed E-state index contributed by atoms with van der Waals surface area (Å²) >= 11 is 3.33. The number of ether oxygens (including phenoxy) is 1. The van der Waals surface area contributed by atoms with Gasteiger partial charge in [-0.15, -0.1) is 0 Å². The Morgan fingerprint density at radius 2 is 2.35 bits per heavy atom. The van der Waals surface area contributed by atoms with E-state index in [-0.39, 0.29) is 12.0 Å². The molecule has 20 heavy (non-hydrogen) atoms. The molecule has 1 unspecified atom stereocenters. The number of rotatable bonds is 4. The zero-order valence-electron chi connectivity index (χ0n) is 11.6. The molecule has 3 N–H and O–H groups in total. The Balaban J connectivity index is 1.88. The third-order valence-corrected chi connectivity index (χ3v) is 3.80. The van der Waals surface area contributed by atoms with Crippen LogP contribution in [0.15, 0.2) is 22.7 Å². The van der Waals surface area contributed by atoms with Gasteiger partial charge in [0.15, 0.2) is 0 Å². The van der Waals surface area contributed by atoms with Crippen molar-refractivity contribution in [2.75, 3.05) is 38.5 Å². The number of nitrogens with zero attached hydrogens (tertiary/aromatic N) is 1. The molecule has 1 aliphatic heterocycles. The molecule has 1 saturated heterocycles. The van der Waals surface area contributed by atoms with Crippen LogP contribution in [0.2, 0.25) is 0 Å². The van der Waals surface area contributed by atoms with Gasteiger partial charge in [-0.25, -0.2) is 0 Å². The second-order valence-corrected chi connectivity index (χ2v) is 5.78. The lowest BCUT2D eigenvalue weighted by Gasteiger charge is -2.32. The van der Waals surface area contributed by atoms with Crippen LogP contribution < -0.4 is 11.1 Å². The quantitative estimate of drug-likeness (QED) is 0.814. The average Bonchev–Trinajstić information content (AvgIpc) is 2.44. The fraction of sp³-hybridized carbons (Fsp3) is 0.500. The lowest BCUT2D eigenvalue weighted by molar-refractivity contribution is -0.0246. The molecule has 110 valence electrons. The van der Waals surface area contributed by atoms with Gasteiger partial charge in [-0.05, 0) is 24.7 Å². The molecular weight excluding hydrogens is 322 g/mol. The van der Waals surface area contributed by atoms with Crippen molar-refractivity contribution >= 4 is 27.5 Å². The van der Waals surface area contributed by atoms with Gasteiger partial charge in [-0.3, -0.25) is 9.69 Å². The van der Waals surface area contributed by atoms with E-state index in [4.69, 9.17) is 10.5 Å². The summed E-state index contributed by atoms with van der Waals surface area (Å²) in [4.78, 5) is 14.4. The highest BCUT2D eigenvalue weighted by molar-refractivity contribution is 9.10. The highest BCUT2D eigenvalue weighted by atomic mass is 79.9. The number of anilines is 1. The van der Waals surface area contributed by atoms with Gasteiger partial charge in [-0.1, -0.05) is 22.9 Å². The standard InChI is InChI=1S/C14H20BrN3O2/c1-2-18-3-4-20-13(9-18)8-17-14(19)10-5-11(15)7-12(16)6-10/h5-7,13H,2-4,8-9,16H2,1H3,(H,17,19). The topological polar surface area (TPSA) is 67.6 Å². The molecule has 0 radical (unpaired) electrons. The molecule has 1 aliphatic rings. The van der Waals surface area contributed by atoms with E-state index >= 15 is 0 Å². The van der Waals surface area contributed by atoms with Gasteiger partial charge in [0, 0.05) is 35.4 Å². The molecule has 0 spiro atoms. The maximum absolute atomic E-state index is 12.1. The predicted octanol–water partition coefficient (Wildman–Crippen LogP) is 1.48. The fourth-order valence-electron chi connectivity index (χ4n) is 2.24. The van der Waals surface area contributed by atoms with Crippen molar-refractivity contribution in [1.29, 1.82) is 0 Å². The highest BCUT2D eigenvalue weighted by Crippen LogP contribution is 2.17. The third-order valence-electron chi connectivity index (χ3n) is 3.34. The number of halogens is 1.